The van der Waals surface area contributed by atoms with Crippen molar-refractivity contribution in [3.8, 4) is 11.4 Å². The van der Waals surface area contributed by atoms with E-state index in [1.54, 1.807) is 15.8 Å². The Morgan fingerprint density at radius 2 is 1.75 bits per heavy atom. The van der Waals surface area contributed by atoms with Gasteiger partial charge in [0.25, 0.3) is 5.91 Å². The van der Waals surface area contributed by atoms with E-state index >= 15 is 0 Å². The number of benzene rings is 2. The standard InChI is InChI=1S/C21H18N4O2S/c1-15-14-28-21(22-15)25(17-11-7-4-8-12-17)20(26)19-18(27-2)13-24(23-19)16-9-5-3-6-10-16/h3-14H,1-2H3. The smallest absolute Gasteiger partial charge is 0.289 e. The van der Waals surface area contributed by atoms with Crippen LogP contribution in [-0.4, -0.2) is 27.8 Å². The van der Waals surface area contributed by atoms with Crippen molar-refractivity contribution >= 4 is 28.1 Å². The Balaban J connectivity index is 1.80. The number of methoxy groups -OCH3 is 1. The SMILES string of the molecule is COc1cn(-c2ccccc2)nc1C(=O)N(c1ccccc1)c1nc(C)cs1. The van der Waals surface area contributed by atoms with Gasteiger partial charge >= 0.3 is 0 Å². The molecule has 140 valence electrons. The molecular weight excluding hydrogens is 372 g/mol. The third kappa shape index (κ3) is 3.39. The molecule has 0 radical (unpaired) electrons. The summed E-state index contributed by atoms with van der Waals surface area (Å²) in [6, 6.07) is 19.0. The molecule has 0 spiro atoms. The second-order valence-electron chi connectivity index (χ2n) is 6.07. The summed E-state index contributed by atoms with van der Waals surface area (Å²) in [5.41, 5.74) is 2.65. The molecule has 4 aromatic rings. The monoisotopic (exact) mass is 390 g/mol. The third-order valence-corrected chi connectivity index (χ3v) is 5.08. The lowest BCUT2D eigenvalue weighted by molar-refractivity contribution is 0.0991. The van der Waals surface area contributed by atoms with Crippen LogP contribution in [0, 0.1) is 6.92 Å². The summed E-state index contributed by atoms with van der Waals surface area (Å²) in [5.74, 6) is 0.107. The number of nitrogens with zero attached hydrogens (tertiary/aromatic N) is 4. The molecule has 0 aliphatic rings. The highest BCUT2D eigenvalue weighted by atomic mass is 32.1. The van der Waals surface area contributed by atoms with Crippen LogP contribution in [0.5, 0.6) is 5.75 Å². The number of amides is 1. The van der Waals surface area contributed by atoms with Gasteiger partial charge in [0.15, 0.2) is 16.6 Å². The lowest BCUT2D eigenvalue weighted by Gasteiger charge is -2.19. The molecule has 2 heterocycles. The molecule has 0 N–H and O–H groups in total. The number of carbonyl (C=O) groups excluding carboxylic acids is 1. The highest BCUT2D eigenvalue weighted by molar-refractivity contribution is 7.14. The summed E-state index contributed by atoms with van der Waals surface area (Å²) in [4.78, 5) is 19.6. The van der Waals surface area contributed by atoms with E-state index in [0.717, 1.165) is 17.1 Å². The maximum absolute atomic E-state index is 13.5. The normalized spacial score (nSPS) is 10.6. The van der Waals surface area contributed by atoms with Crippen molar-refractivity contribution in [1.29, 1.82) is 0 Å². The quantitative estimate of drug-likeness (QED) is 0.499. The van der Waals surface area contributed by atoms with Gasteiger partial charge in [-0.05, 0) is 31.2 Å². The number of carbonyl (C=O) groups is 1. The molecule has 1 amide bonds. The number of rotatable bonds is 5. The van der Waals surface area contributed by atoms with E-state index in [9.17, 15) is 4.79 Å². The minimum absolute atomic E-state index is 0.225. The number of thiazole rings is 1. The molecule has 7 heteroatoms. The van der Waals surface area contributed by atoms with Crippen LogP contribution in [-0.2, 0) is 0 Å². The fourth-order valence-corrected chi connectivity index (χ4v) is 3.63. The number of anilines is 2. The molecule has 0 bridgehead atoms. The zero-order chi connectivity index (χ0) is 19.5. The van der Waals surface area contributed by atoms with Crippen LogP contribution in [0.1, 0.15) is 16.2 Å². The van der Waals surface area contributed by atoms with Crippen molar-refractivity contribution in [3.05, 3.63) is 83.6 Å². The Morgan fingerprint density at radius 1 is 1.07 bits per heavy atom. The zero-order valence-corrected chi connectivity index (χ0v) is 16.3. The number of aromatic nitrogens is 3. The van der Waals surface area contributed by atoms with Crippen LogP contribution in [0.25, 0.3) is 5.69 Å². The molecule has 4 rings (SSSR count). The van der Waals surface area contributed by atoms with Gasteiger partial charge in [0, 0.05) is 5.38 Å². The van der Waals surface area contributed by atoms with Crippen LogP contribution < -0.4 is 9.64 Å². The number of para-hydroxylation sites is 2. The van der Waals surface area contributed by atoms with E-state index in [2.05, 4.69) is 10.1 Å². The maximum Gasteiger partial charge on any atom is 0.289 e. The summed E-state index contributed by atoms with van der Waals surface area (Å²) < 4.78 is 7.09. The lowest BCUT2D eigenvalue weighted by atomic mass is 10.2. The fourth-order valence-electron chi connectivity index (χ4n) is 2.81. The minimum atomic E-state index is -0.299. The number of hydrogen-bond acceptors (Lipinski definition) is 5. The summed E-state index contributed by atoms with van der Waals surface area (Å²) in [7, 11) is 1.53. The molecule has 0 atom stereocenters. The van der Waals surface area contributed by atoms with Gasteiger partial charge in [-0.2, -0.15) is 5.10 Å². The second kappa shape index (κ2) is 7.66. The molecule has 2 aromatic carbocycles. The molecule has 6 nitrogen and oxygen atoms in total. The Bertz CT molecular complexity index is 1090. The Morgan fingerprint density at radius 3 is 2.36 bits per heavy atom. The Hall–Kier alpha value is -3.45. The Kier molecular flexibility index (Phi) is 4.90. The molecule has 0 aliphatic carbocycles. The van der Waals surface area contributed by atoms with Crippen LogP contribution in [0.3, 0.4) is 0 Å². The predicted octanol–water partition coefficient (Wildman–Crippen LogP) is 4.62. The average Bonchev–Trinajstić information content (AvgIpc) is 3.36. The molecule has 28 heavy (non-hydrogen) atoms. The highest BCUT2D eigenvalue weighted by Gasteiger charge is 2.28. The average molecular weight is 390 g/mol. The van der Waals surface area contributed by atoms with Crippen molar-refractivity contribution in [2.24, 2.45) is 0 Å². The molecule has 0 saturated carbocycles. The van der Waals surface area contributed by atoms with E-state index in [1.165, 1.54) is 18.4 Å². The summed E-state index contributed by atoms with van der Waals surface area (Å²) in [6.45, 7) is 1.90. The molecule has 0 aliphatic heterocycles. The van der Waals surface area contributed by atoms with Gasteiger partial charge in [0.2, 0.25) is 0 Å². The third-order valence-electron chi connectivity index (χ3n) is 4.14. The fraction of sp³-hybridized carbons (Fsp3) is 0.0952. The van der Waals surface area contributed by atoms with Crippen molar-refractivity contribution in [2.45, 2.75) is 6.92 Å². The van der Waals surface area contributed by atoms with Gasteiger partial charge in [0.05, 0.1) is 30.4 Å². The number of aryl methyl sites for hydroxylation is 1. The van der Waals surface area contributed by atoms with E-state index in [-0.39, 0.29) is 11.6 Å². The molecule has 0 fully saturated rings. The number of ether oxygens (including phenoxy) is 1. The van der Waals surface area contributed by atoms with Gasteiger partial charge in [-0.15, -0.1) is 11.3 Å². The largest absolute Gasteiger partial charge is 0.493 e. The van der Waals surface area contributed by atoms with Gasteiger partial charge in [0.1, 0.15) is 0 Å². The van der Waals surface area contributed by atoms with Crippen LogP contribution in [0.4, 0.5) is 10.8 Å². The first-order chi connectivity index (χ1) is 13.7. The van der Waals surface area contributed by atoms with E-state index < -0.39 is 0 Å². The molecular formula is C21H18N4O2S. The first-order valence-electron chi connectivity index (χ1n) is 8.68. The Labute approximate surface area is 166 Å². The second-order valence-corrected chi connectivity index (χ2v) is 6.91. The van der Waals surface area contributed by atoms with Crippen molar-refractivity contribution < 1.29 is 9.53 Å². The lowest BCUT2D eigenvalue weighted by Crippen LogP contribution is -2.27. The van der Waals surface area contributed by atoms with Gasteiger partial charge in [-0.3, -0.25) is 9.69 Å². The van der Waals surface area contributed by atoms with Crippen LogP contribution in [0.15, 0.2) is 72.2 Å². The first-order valence-corrected chi connectivity index (χ1v) is 9.56. The van der Waals surface area contributed by atoms with Gasteiger partial charge < -0.3 is 4.74 Å². The first kappa shape index (κ1) is 17.9. The molecule has 0 saturated heterocycles. The molecule has 2 aromatic heterocycles. The maximum atomic E-state index is 13.5. The topological polar surface area (TPSA) is 60.3 Å². The highest BCUT2D eigenvalue weighted by Crippen LogP contribution is 2.32. The van der Waals surface area contributed by atoms with Crippen molar-refractivity contribution in [1.82, 2.24) is 14.8 Å². The summed E-state index contributed by atoms with van der Waals surface area (Å²) in [5, 5.41) is 7.01. The van der Waals surface area contributed by atoms with E-state index in [4.69, 9.17) is 4.74 Å². The zero-order valence-electron chi connectivity index (χ0n) is 15.4. The van der Waals surface area contributed by atoms with Crippen molar-refractivity contribution in [3.63, 3.8) is 0 Å². The van der Waals surface area contributed by atoms with Crippen LogP contribution in [0.2, 0.25) is 0 Å². The number of hydrogen-bond donors (Lipinski definition) is 0. The predicted molar refractivity (Wildman–Crippen MR) is 110 cm³/mol. The summed E-state index contributed by atoms with van der Waals surface area (Å²) >= 11 is 1.41. The van der Waals surface area contributed by atoms with E-state index in [1.807, 2.05) is 73.0 Å². The minimum Gasteiger partial charge on any atom is -0.493 e. The molecule has 0 unspecified atom stereocenters. The van der Waals surface area contributed by atoms with Gasteiger partial charge in [-0.1, -0.05) is 36.4 Å². The van der Waals surface area contributed by atoms with E-state index in [0.29, 0.717) is 10.9 Å². The van der Waals surface area contributed by atoms with Crippen molar-refractivity contribution in [2.75, 3.05) is 12.0 Å². The van der Waals surface area contributed by atoms with Crippen LogP contribution >= 0.6 is 11.3 Å². The summed E-state index contributed by atoms with van der Waals surface area (Å²) in [6.07, 6.45) is 1.71. The van der Waals surface area contributed by atoms with Gasteiger partial charge in [-0.25, -0.2) is 9.67 Å².